The number of nitrogens with one attached hydrogen (secondary N) is 3. The zero-order valence-corrected chi connectivity index (χ0v) is 17.1. The van der Waals surface area contributed by atoms with Crippen LogP contribution < -0.4 is 10.6 Å². The number of anilines is 1. The molecule has 2 aromatic carbocycles. The first kappa shape index (κ1) is 18.4. The smallest absolute Gasteiger partial charge is 0.255 e. The quantitative estimate of drug-likeness (QED) is 0.402. The second-order valence-corrected chi connectivity index (χ2v) is 8.67. The predicted molar refractivity (Wildman–Crippen MR) is 120 cm³/mol. The lowest BCUT2D eigenvalue weighted by Gasteiger charge is -2.07. The molecule has 1 amide bonds. The van der Waals surface area contributed by atoms with Gasteiger partial charge >= 0.3 is 0 Å². The Labute approximate surface area is 180 Å². The predicted octanol–water partition coefficient (Wildman–Crippen LogP) is 4.93. The fourth-order valence-electron chi connectivity index (χ4n) is 4.13. The van der Waals surface area contributed by atoms with E-state index in [0.29, 0.717) is 29.1 Å². The molecular formula is C25H24N4O2. The van der Waals surface area contributed by atoms with E-state index in [0.717, 1.165) is 22.6 Å². The van der Waals surface area contributed by atoms with Crippen molar-refractivity contribution in [2.45, 2.75) is 31.2 Å². The molecule has 156 valence electrons. The molecule has 2 fully saturated rings. The Kier molecular flexibility index (Phi) is 4.39. The lowest BCUT2D eigenvalue weighted by atomic mass is 10.1. The maximum atomic E-state index is 12.8. The molecule has 2 unspecified atom stereocenters. The molecule has 0 radical (unpaired) electrons. The fraction of sp³-hybridized carbons (Fsp3) is 0.280. The van der Waals surface area contributed by atoms with E-state index in [1.807, 2.05) is 36.4 Å². The normalized spacial score (nSPS) is 20.1. The summed E-state index contributed by atoms with van der Waals surface area (Å²) in [5, 5.41) is 6.67. The van der Waals surface area contributed by atoms with Crippen LogP contribution in [0.4, 0.5) is 5.69 Å². The van der Waals surface area contributed by atoms with Gasteiger partial charge in [0.15, 0.2) is 11.6 Å². The number of amides is 1. The fourth-order valence-corrected chi connectivity index (χ4v) is 4.13. The zero-order chi connectivity index (χ0) is 20.8. The number of carbonyl (C=O) groups excluding carboxylic acids is 1. The van der Waals surface area contributed by atoms with Crippen molar-refractivity contribution < 1.29 is 9.21 Å². The maximum absolute atomic E-state index is 12.8. The zero-order valence-electron chi connectivity index (χ0n) is 17.1. The van der Waals surface area contributed by atoms with Crippen LogP contribution in [0.15, 0.2) is 65.3 Å². The number of furan rings is 1. The van der Waals surface area contributed by atoms with Gasteiger partial charge in [-0.3, -0.25) is 4.79 Å². The number of benzene rings is 2. The first-order valence-electron chi connectivity index (χ1n) is 10.9. The average molecular weight is 412 g/mol. The molecule has 31 heavy (non-hydrogen) atoms. The SMILES string of the molecule is O=C(Nc1ccc(C2CC2NCC2CC2)cc1)c1ccc2nc(-c3ccco3)[nH]c2c1. The van der Waals surface area contributed by atoms with Crippen molar-refractivity contribution in [2.75, 3.05) is 11.9 Å². The van der Waals surface area contributed by atoms with Crippen LogP contribution >= 0.6 is 0 Å². The van der Waals surface area contributed by atoms with Crippen LogP contribution in [0.25, 0.3) is 22.6 Å². The Bertz CT molecular complexity index is 1220. The molecule has 2 aromatic heterocycles. The van der Waals surface area contributed by atoms with Gasteiger partial charge in [0.05, 0.1) is 17.3 Å². The third-order valence-corrected chi connectivity index (χ3v) is 6.25. The van der Waals surface area contributed by atoms with E-state index in [1.54, 1.807) is 12.3 Å². The number of H-pyrrole nitrogens is 1. The molecule has 0 saturated heterocycles. The summed E-state index contributed by atoms with van der Waals surface area (Å²) in [5.74, 6) is 2.70. The van der Waals surface area contributed by atoms with Crippen molar-refractivity contribution in [3.05, 3.63) is 72.0 Å². The number of nitrogens with zero attached hydrogens (tertiary/aromatic N) is 1. The van der Waals surface area contributed by atoms with E-state index < -0.39 is 0 Å². The van der Waals surface area contributed by atoms with Crippen LogP contribution in [-0.4, -0.2) is 28.5 Å². The van der Waals surface area contributed by atoms with Gasteiger partial charge in [0, 0.05) is 23.2 Å². The number of hydrogen-bond donors (Lipinski definition) is 3. The Morgan fingerprint density at radius 2 is 2.00 bits per heavy atom. The number of carbonyl (C=O) groups is 1. The molecule has 6 heteroatoms. The van der Waals surface area contributed by atoms with Gasteiger partial charge in [0.2, 0.25) is 0 Å². The molecule has 6 rings (SSSR count). The van der Waals surface area contributed by atoms with E-state index >= 15 is 0 Å². The topological polar surface area (TPSA) is 82.9 Å². The summed E-state index contributed by atoms with van der Waals surface area (Å²) >= 11 is 0. The van der Waals surface area contributed by atoms with E-state index in [2.05, 4.69) is 32.7 Å². The number of hydrogen-bond acceptors (Lipinski definition) is 4. The van der Waals surface area contributed by atoms with Gasteiger partial charge in [0.25, 0.3) is 5.91 Å². The van der Waals surface area contributed by atoms with Gasteiger partial charge < -0.3 is 20.0 Å². The molecule has 2 aliphatic rings. The van der Waals surface area contributed by atoms with E-state index in [9.17, 15) is 4.79 Å². The minimum Gasteiger partial charge on any atom is -0.461 e. The van der Waals surface area contributed by atoms with Crippen molar-refractivity contribution in [3.8, 4) is 11.6 Å². The van der Waals surface area contributed by atoms with Crippen molar-refractivity contribution >= 4 is 22.6 Å². The second-order valence-electron chi connectivity index (χ2n) is 8.67. The number of aromatic nitrogens is 2. The highest BCUT2D eigenvalue weighted by Crippen LogP contribution is 2.42. The Hall–Kier alpha value is -3.38. The first-order valence-corrected chi connectivity index (χ1v) is 10.9. The largest absolute Gasteiger partial charge is 0.461 e. The van der Waals surface area contributed by atoms with Crippen molar-refractivity contribution in [1.82, 2.24) is 15.3 Å². The highest BCUT2D eigenvalue weighted by molar-refractivity contribution is 6.06. The molecule has 3 N–H and O–H groups in total. The summed E-state index contributed by atoms with van der Waals surface area (Å²) in [6.07, 6.45) is 5.60. The van der Waals surface area contributed by atoms with Crippen LogP contribution in [0.3, 0.4) is 0 Å². The van der Waals surface area contributed by atoms with Crippen LogP contribution in [0.5, 0.6) is 0 Å². The summed E-state index contributed by atoms with van der Waals surface area (Å²) in [6.45, 7) is 1.17. The number of fused-ring (bicyclic) bond motifs is 1. The minimum atomic E-state index is -0.140. The van der Waals surface area contributed by atoms with Crippen molar-refractivity contribution in [3.63, 3.8) is 0 Å². The van der Waals surface area contributed by atoms with E-state index in [1.165, 1.54) is 31.4 Å². The van der Waals surface area contributed by atoms with Crippen LogP contribution in [0.2, 0.25) is 0 Å². The number of rotatable bonds is 7. The molecule has 2 atom stereocenters. The highest BCUT2D eigenvalue weighted by Gasteiger charge is 2.38. The van der Waals surface area contributed by atoms with Crippen LogP contribution in [-0.2, 0) is 0 Å². The molecule has 4 aromatic rings. The molecule has 0 bridgehead atoms. The standard InChI is InChI=1S/C25H24N4O2/c30-25(17-7-10-20-22(12-17)29-24(28-20)23-2-1-11-31-23)27-18-8-5-16(6-9-18)19-13-21(19)26-14-15-3-4-15/h1-2,5-12,15,19,21,26H,3-4,13-14H2,(H,27,30)(H,28,29). The highest BCUT2D eigenvalue weighted by atomic mass is 16.3. The van der Waals surface area contributed by atoms with Gasteiger partial charge in [0.1, 0.15) is 0 Å². The third kappa shape index (κ3) is 3.86. The first-order chi connectivity index (χ1) is 15.2. The molecule has 2 aliphatic carbocycles. The number of aromatic amines is 1. The molecule has 2 heterocycles. The monoisotopic (exact) mass is 412 g/mol. The summed E-state index contributed by atoms with van der Waals surface area (Å²) in [7, 11) is 0. The van der Waals surface area contributed by atoms with Crippen LogP contribution in [0, 0.1) is 5.92 Å². The molecule has 0 aliphatic heterocycles. The maximum Gasteiger partial charge on any atom is 0.255 e. The Balaban J connectivity index is 1.11. The van der Waals surface area contributed by atoms with Gasteiger partial charge in [-0.25, -0.2) is 4.98 Å². The van der Waals surface area contributed by atoms with Crippen LogP contribution in [0.1, 0.15) is 41.1 Å². The average Bonchev–Trinajstić information content (AvgIpc) is 3.66. The van der Waals surface area contributed by atoms with Gasteiger partial charge in [-0.1, -0.05) is 12.1 Å². The Morgan fingerprint density at radius 3 is 2.77 bits per heavy atom. The molecule has 0 spiro atoms. The third-order valence-electron chi connectivity index (χ3n) is 6.25. The van der Waals surface area contributed by atoms with E-state index in [4.69, 9.17) is 4.42 Å². The number of imidazole rings is 1. The second kappa shape index (κ2) is 7.39. The molecular weight excluding hydrogens is 388 g/mol. The van der Waals surface area contributed by atoms with Gasteiger partial charge in [-0.2, -0.15) is 0 Å². The molecule has 6 nitrogen and oxygen atoms in total. The lowest BCUT2D eigenvalue weighted by molar-refractivity contribution is 0.102. The van der Waals surface area contributed by atoms with E-state index in [-0.39, 0.29) is 5.91 Å². The Morgan fingerprint density at radius 1 is 1.13 bits per heavy atom. The van der Waals surface area contributed by atoms with Gasteiger partial charge in [-0.15, -0.1) is 0 Å². The summed E-state index contributed by atoms with van der Waals surface area (Å²) in [4.78, 5) is 20.5. The van der Waals surface area contributed by atoms with Crippen molar-refractivity contribution in [2.24, 2.45) is 5.92 Å². The summed E-state index contributed by atoms with van der Waals surface area (Å²) < 4.78 is 5.39. The lowest BCUT2D eigenvalue weighted by Crippen LogP contribution is -2.20. The minimum absolute atomic E-state index is 0.140. The summed E-state index contributed by atoms with van der Waals surface area (Å²) in [5.41, 5.74) is 4.32. The molecule has 2 saturated carbocycles. The summed E-state index contributed by atoms with van der Waals surface area (Å²) in [6, 6.07) is 18.0. The van der Waals surface area contributed by atoms with Crippen molar-refractivity contribution in [1.29, 1.82) is 0 Å². The van der Waals surface area contributed by atoms with Gasteiger partial charge in [-0.05, 0) is 79.8 Å².